The molecule has 0 saturated heterocycles. The summed E-state index contributed by atoms with van der Waals surface area (Å²) in [6.07, 6.45) is 1.57. The molecule has 1 aromatic carbocycles. The van der Waals surface area contributed by atoms with Crippen LogP contribution in [-0.4, -0.2) is 16.1 Å². The van der Waals surface area contributed by atoms with E-state index in [1.165, 1.54) is 16.9 Å². The third-order valence-electron chi connectivity index (χ3n) is 3.43. The first kappa shape index (κ1) is 17.8. The largest absolute Gasteiger partial charge is 0.296 e. The van der Waals surface area contributed by atoms with E-state index in [1.54, 1.807) is 6.08 Å². The Labute approximate surface area is 146 Å². The van der Waals surface area contributed by atoms with E-state index in [4.69, 9.17) is 0 Å². The van der Waals surface area contributed by atoms with Gasteiger partial charge in [0, 0.05) is 5.92 Å². The molecule has 0 spiro atoms. The van der Waals surface area contributed by atoms with Crippen molar-refractivity contribution in [1.29, 1.82) is 5.26 Å². The molecule has 24 heavy (non-hydrogen) atoms. The maximum Gasteiger partial charge on any atom is 0.268 e. The van der Waals surface area contributed by atoms with Crippen LogP contribution in [0.1, 0.15) is 55.7 Å². The van der Waals surface area contributed by atoms with E-state index < -0.39 is 5.91 Å². The molecule has 1 N–H and O–H groups in total. The normalized spacial score (nSPS) is 11.6. The Bertz CT molecular complexity index is 782. The Kier molecular flexibility index (Phi) is 5.83. The van der Waals surface area contributed by atoms with Crippen molar-refractivity contribution in [3.8, 4) is 6.07 Å². The molecule has 0 aliphatic rings. The fourth-order valence-corrected chi connectivity index (χ4v) is 2.72. The molecule has 0 aliphatic heterocycles. The minimum atomic E-state index is -0.475. The Morgan fingerprint density at radius 3 is 2.33 bits per heavy atom. The van der Waals surface area contributed by atoms with Gasteiger partial charge in [0.2, 0.25) is 5.13 Å². The summed E-state index contributed by atoms with van der Waals surface area (Å²) >= 11 is 1.32. The lowest BCUT2D eigenvalue weighted by molar-refractivity contribution is -0.112. The molecule has 0 radical (unpaired) electrons. The Morgan fingerprint density at radius 2 is 1.83 bits per heavy atom. The number of amides is 1. The molecular formula is C18H20N4OS. The van der Waals surface area contributed by atoms with Crippen LogP contribution in [0.4, 0.5) is 5.13 Å². The van der Waals surface area contributed by atoms with Gasteiger partial charge in [-0.05, 0) is 23.1 Å². The first-order valence-corrected chi connectivity index (χ1v) is 8.59. The highest BCUT2D eigenvalue weighted by atomic mass is 32.1. The Hall–Kier alpha value is -2.52. The molecular weight excluding hydrogens is 320 g/mol. The monoisotopic (exact) mass is 340 g/mol. The first-order chi connectivity index (χ1) is 11.4. The standard InChI is InChI=1S/C18H20N4OS/c1-11(2)14-7-5-13(6-8-14)9-15(10-19)16(23)20-18-22-21-17(24-18)12(3)4/h5-9,11-12H,1-4H3,(H,20,22,23). The molecule has 0 saturated carbocycles. The van der Waals surface area contributed by atoms with Gasteiger partial charge in [-0.1, -0.05) is 63.3 Å². The van der Waals surface area contributed by atoms with Gasteiger partial charge in [0.1, 0.15) is 16.6 Å². The van der Waals surface area contributed by atoms with Gasteiger partial charge in [0.15, 0.2) is 0 Å². The second-order valence-electron chi connectivity index (χ2n) is 6.05. The number of aromatic nitrogens is 2. The first-order valence-electron chi connectivity index (χ1n) is 7.77. The molecule has 6 heteroatoms. The number of nitrogens with zero attached hydrogens (tertiary/aromatic N) is 3. The zero-order valence-corrected chi connectivity index (χ0v) is 15.0. The van der Waals surface area contributed by atoms with Crippen LogP contribution in [0.15, 0.2) is 29.8 Å². The minimum absolute atomic E-state index is 0.0357. The van der Waals surface area contributed by atoms with Gasteiger partial charge in [0.05, 0.1) is 0 Å². The van der Waals surface area contributed by atoms with Crippen LogP contribution in [0.5, 0.6) is 0 Å². The highest BCUT2D eigenvalue weighted by molar-refractivity contribution is 7.15. The highest BCUT2D eigenvalue weighted by Gasteiger charge is 2.14. The molecule has 2 aromatic rings. The summed E-state index contributed by atoms with van der Waals surface area (Å²) in [5, 5.41) is 21.1. The molecule has 1 aromatic heterocycles. The van der Waals surface area contributed by atoms with E-state index in [1.807, 2.05) is 44.2 Å². The fraction of sp³-hybridized carbons (Fsp3) is 0.333. The van der Waals surface area contributed by atoms with Gasteiger partial charge >= 0.3 is 0 Å². The number of carbonyl (C=O) groups is 1. The Morgan fingerprint density at radius 1 is 1.17 bits per heavy atom. The lowest BCUT2D eigenvalue weighted by Gasteiger charge is -2.05. The maximum atomic E-state index is 12.2. The predicted octanol–water partition coefficient (Wildman–Crippen LogP) is 4.33. The minimum Gasteiger partial charge on any atom is -0.296 e. The molecule has 1 heterocycles. The van der Waals surface area contributed by atoms with E-state index in [9.17, 15) is 10.1 Å². The van der Waals surface area contributed by atoms with E-state index in [2.05, 4.69) is 29.4 Å². The van der Waals surface area contributed by atoms with Gasteiger partial charge in [-0.3, -0.25) is 10.1 Å². The Balaban J connectivity index is 2.14. The number of nitrogens with one attached hydrogen (secondary N) is 1. The molecule has 0 aliphatic carbocycles. The number of hydrogen-bond donors (Lipinski definition) is 1. The third kappa shape index (κ3) is 4.49. The van der Waals surface area contributed by atoms with E-state index in [-0.39, 0.29) is 11.5 Å². The van der Waals surface area contributed by atoms with Crippen molar-refractivity contribution in [1.82, 2.24) is 10.2 Å². The second-order valence-corrected chi connectivity index (χ2v) is 7.05. The average Bonchev–Trinajstić information content (AvgIpc) is 3.01. The molecule has 124 valence electrons. The molecule has 2 rings (SSSR count). The molecule has 1 amide bonds. The summed E-state index contributed by atoms with van der Waals surface area (Å²) in [4.78, 5) is 12.2. The van der Waals surface area contributed by atoms with Gasteiger partial charge in [-0.15, -0.1) is 10.2 Å². The average molecular weight is 340 g/mol. The quantitative estimate of drug-likeness (QED) is 0.649. The third-order valence-corrected chi connectivity index (χ3v) is 4.57. The summed E-state index contributed by atoms with van der Waals surface area (Å²) in [6, 6.07) is 9.76. The van der Waals surface area contributed by atoms with Gasteiger partial charge in [-0.25, -0.2) is 0 Å². The van der Waals surface area contributed by atoms with Crippen molar-refractivity contribution in [3.05, 3.63) is 46.0 Å². The summed E-state index contributed by atoms with van der Waals surface area (Å²) in [6.45, 7) is 8.25. The number of benzene rings is 1. The van der Waals surface area contributed by atoms with Gasteiger partial charge in [0.25, 0.3) is 5.91 Å². The van der Waals surface area contributed by atoms with E-state index in [0.717, 1.165) is 10.6 Å². The molecule has 0 bridgehead atoms. The zero-order valence-electron chi connectivity index (χ0n) is 14.2. The van der Waals surface area contributed by atoms with Crippen molar-refractivity contribution in [2.45, 2.75) is 39.5 Å². The summed E-state index contributed by atoms with van der Waals surface area (Å²) in [5.74, 6) is 0.213. The lowest BCUT2D eigenvalue weighted by Crippen LogP contribution is -2.13. The van der Waals surface area contributed by atoms with Crippen LogP contribution in [0.25, 0.3) is 6.08 Å². The van der Waals surface area contributed by atoms with Crippen LogP contribution in [0, 0.1) is 11.3 Å². The van der Waals surface area contributed by atoms with Crippen LogP contribution in [-0.2, 0) is 4.79 Å². The molecule has 0 unspecified atom stereocenters. The molecule has 0 atom stereocenters. The number of hydrogen-bond acceptors (Lipinski definition) is 5. The smallest absolute Gasteiger partial charge is 0.268 e. The second kappa shape index (κ2) is 7.84. The van der Waals surface area contributed by atoms with E-state index >= 15 is 0 Å². The maximum absolute atomic E-state index is 12.2. The zero-order chi connectivity index (χ0) is 17.7. The van der Waals surface area contributed by atoms with Crippen molar-refractivity contribution in [2.75, 3.05) is 5.32 Å². The summed E-state index contributed by atoms with van der Waals surface area (Å²) in [5.41, 5.74) is 2.06. The number of carbonyl (C=O) groups excluding carboxylic acids is 1. The van der Waals surface area contributed by atoms with Crippen LogP contribution in [0.2, 0.25) is 0 Å². The van der Waals surface area contributed by atoms with Crippen molar-refractivity contribution < 1.29 is 4.79 Å². The molecule has 5 nitrogen and oxygen atoms in total. The summed E-state index contributed by atoms with van der Waals surface area (Å²) in [7, 11) is 0. The number of anilines is 1. The van der Waals surface area contributed by atoms with Crippen molar-refractivity contribution in [3.63, 3.8) is 0 Å². The van der Waals surface area contributed by atoms with Crippen LogP contribution >= 0.6 is 11.3 Å². The number of rotatable bonds is 5. The SMILES string of the molecule is CC(C)c1ccc(C=C(C#N)C(=O)Nc2nnc(C(C)C)s2)cc1. The highest BCUT2D eigenvalue weighted by Crippen LogP contribution is 2.23. The van der Waals surface area contributed by atoms with E-state index in [0.29, 0.717) is 11.0 Å². The van der Waals surface area contributed by atoms with Gasteiger partial charge in [-0.2, -0.15) is 5.26 Å². The lowest BCUT2D eigenvalue weighted by atomic mass is 10.0. The van der Waals surface area contributed by atoms with Crippen LogP contribution < -0.4 is 5.32 Å². The number of nitriles is 1. The van der Waals surface area contributed by atoms with Crippen LogP contribution in [0.3, 0.4) is 0 Å². The van der Waals surface area contributed by atoms with Gasteiger partial charge < -0.3 is 0 Å². The summed E-state index contributed by atoms with van der Waals surface area (Å²) < 4.78 is 0. The topological polar surface area (TPSA) is 78.7 Å². The van der Waals surface area contributed by atoms with Crippen molar-refractivity contribution >= 4 is 28.5 Å². The fourth-order valence-electron chi connectivity index (χ4n) is 1.98. The predicted molar refractivity (Wildman–Crippen MR) is 96.7 cm³/mol. The van der Waals surface area contributed by atoms with Crippen molar-refractivity contribution in [2.24, 2.45) is 0 Å². The molecule has 0 fully saturated rings.